The molecule has 186 valence electrons. The van der Waals surface area contributed by atoms with Crippen molar-refractivity contribution in [2.75, 3.05) is 5.32 Å². The standard InChI is InChI=1S/C28H29N3O3S2/c1-17(2)22-14-21-23(16-34-22)36-26-24(21)27(33)31(15-19-10-6-4-7-11-19)28(30-26)35-18(3)25(32)29-20-12-8-5-9-13-20/h4-13,17-18,22H,14-16H2,1-3H3,(H,29,32). The first-order valence-corrected chi connectivity index (χ1v) is 13.8. The number of thiophene rings is 1. The molecule has 8 heteroatoms. The number of rotatable bonds is 7. The number of amides is 1. The van der Waals surface area contributed by atoms with Crippen molar-refractivity contribution in [3.8, 4) is 0 Å². The van der Waals surface area contributed by atoms with Gasteiger partial charge in [0, 0.05) is 17.0 Å². The molecule has 4 aromatic rings. The molecule has 0 radical (unpaired) electrons. The molecule has 1 N–H and O–H groups in total. The van der Waals surface area contributed by atoms with Crippen molar-refractivity contribution in [2.45, 2.75) is 56.9 Å². The topological polar surface area (TPSA) is 73.2 Å². The highest BCUT2D eigenvalue weighted by atomic mass is 32.2. The Morgan fingerprint density at radius 1 is 1.14 bits per heavy atom. The van der Waals surface area contributed by atoms with Crippen LogP contribution in [0.3, 0.4) is 0 Å². The van der Waals surface area contributed by atoms with Gasteiger partial charge in [0.15, 0.2) is 5.16 Å². The largest absolute Gasteiger partial charge is 0.372 e. The first-order chi connectivity index (χ1) is 17.4. The van der Waals surface area contributed by atoms with Crippen molar-refractivity contribution in [1.82, 2.24) is 9.55 Å². The van der Waals surface area contributed by atoms with E-state index >= 15 is 0 Å². The molecule has 3 heterocycles. The molecular weight excluding hydrogens is 490 g/mol. The molecule has 0 aliphatic carbocycles. The summed E-state index contributed by atoms with van der Waals surface area (Å²) in [4.78, 5) is 33.7. The van der Waals surface area contributed by atoms with Crippen LogP contribution in [0, 0.1) is 5.92 Å². The number of carbonyl (C=O) groups excluding carboxylic acids is 1. The minimum absolute atomic E-state index is 0.0519. The third-order valence-corrected chi connectivity index (χ3v) is 8.60. The molecule has 5 rings (SSSR count). The van der Waals surface area contributed by atoms with Gasteiger partial charge in [-0.1, -0.05) is 74.1 Å². The summed E-state index contributed by atoms with van der Waals surface area (Å²) >= 11 is 2.84. The van der Waals surface area contributed by atoms with Crippen LogP contribution in [-0.4, -0.2) is 26.8 Å². The van der Waals surface area contributed by atoms with E-state index in [0.29, 0.717) is 29.6 Å². The number of thioether (sulfide) groups is 1. The van der Waals surface area contributed by atoms with Gasteiger partial charge in [-0.25, -0.2) is 4.98 Å². The molecule has 2 aromatic carbocycles. The summed E-state index contributed by atoms with van der Waals surface area (Å²) in [5.74, 6) is 0.233. The van der Waals surface area contributed by atoms with Crippen LogP contribution in [0.2, 0.25) is 0 Å². The Hall–Kier alpha value is -2.94. The summed E-state index contributed by atoms with van der Waals surface area (Å²) in [5, 5.41) is 3.75. The average molecular weight is 520 g/mol. The Labute approximate surface area is 218 Å². The second-order valence-electron chi connectivity index (χ2n) is 9.37. The van der Waals surface area contributed by atoms with Crippen molar-refractivity contribution in [2.24, 2.45) is 5.92 Å². The summed E-state index contributed by atoms with van der Waals surface area (Å²) in [6, 6.07) is 19.3. The number of nitrogens with one attached hydrogen (secondary N) is 1. The molecule has 36 heavy (non-hydrogen) atoms. The Bertz CT molecular complexity index is 1430. The molecule has 6 nitrogen and oxygen atoms in total. The Kier molecular flexibility index (Phi) is 7.27. The lowest BCUT2D eigenvalue weighted by Crippen LogP contribution is -2.29. The van der Waals surface area contributed by atoms with E-state index in [1.54, 1.807) is 4.57 Å². The monoisotopic (exact) mass is 519 g/mol. The first kappa shape index (κ1) is 24.7. The van der Waals surface area contributed by atoms with Crippen molar-refractivity contribution in [3.63, 3.8) is 0 Å². The zero-order valence-electron chi connectivity index (χ0n) is 20.6. The van der Waals surface area contributed by atoms with Gasteiger partial charge in [0.25, 0.3) is 5.56 Å². The van der Waals surface area contributed by atoms with Crippen molar-refractivity contribution < 1.29 is 9.53 Å². The predicted molar refractivity (Wildman–Crippen MR) is 147 cm³/mol. The molecule has 2 unspecified atom stereocenters. The number of para-hydroxylation sites is 1. The first-order valence-electron chi connectivity index (χ1n) is 12.1. The van der Waals surface area contributed by atoms with Crippen LogP contribution < -0.4 is 10.9 Å². The van der Waals surface area contributed by atoms with Crippen LogP contribution in [0.15, 0.2) is 70.6 Å². The van der Waals surface area contributed by atoms with Gasteiger partial charge in [-0.3, -0.25) is 14.2 Å². The maximum Gasteiger partial charge on any atom is 0.263 e. The molecule has 1 amide bonds. The molecule has 0 saturated heterocycles. The Morgan fingerprint density at radius 2 is 1.83 bits per heavy atom. The number of aromatic nitrogens is 2. The molecule has 0 spiro atoms. The summed E-state index contributed by atoms with van der Waals surface area (Å²) in [7, 11) is 0. The minimum atomic E-state index is -0.445. The summed E-state index contributed by atoms with van der Waals surface area (Å²) in [5.41, 5.74) is 2.77. The fraction of sp³-hybridized carbons (Fsp3) is 0.321. The highest BCUT2D eigenvalue weighted by Crippen LogP contribution is 2.36. The number of fused-ring (bicyclic) bond motifs is 3. The maximum absolute atomic E-state index is 14.0. The fourth-order valence-electron chi connectivity index (χ4n) is 4.34. The van der Waals surface area contributed by atoms with E-state index in [1.807, 2.05) is 67.6 Å². The highest BCUT2D eigenvalue weighted by molar-refractivity contribution is 8.00. The number of hydrogen-bond donors (Lipinski definition) is 1. The van der Waals surface area contributed by atoms with Gasteiger partial charge in [0.2, 0.25) is 5.91 Å². The lowest BCUT2D eigenvalue weighted by Gasteiger charge is -2.26. The van der Waals surface area contributed by atoms with Gasteiger partial charge in [-0.15, -0.1) is 11.3 Å². The van der Waals surface area contributed by atoms with E-state index in [-0.39, 0.29) is 17.6 Å². The summed E-state index contributed by atoms with van der Waals surface area (Å²) in [6.45, 7) is 7.04. The van der Waals surface area contributed by atoms with Crippen LogP contribution in [0.25, 0.3) is 10.2 Å². The molecule has 0 fully saturated rings. The zero-order valence-corrected chi connectivity index (χ0v) is 22.2. The van der Waals surface area contributed by atoms with Crippen LogP contribution in [0.1, 0.15) is 36.8 Å². The Balaban J connectivity index is 1.53. The summed E-state index contributed by atoms with van der Waals surface area (Å²) in [6.07, 6.45) is 0.811. The lowest BCUT2D eigenvalue weighted by atomic mass is 9.96. The molecule has 0 bridgehead atoms. The number of anilines is 1. The molecule has 1 aliphatic rings. The second kappa shape index (κ2) is 10.6. The number of benzene rings is 2. The normalized spacial score (nSPS) is 16.2. The average Bonchev–Trinajstić information content (AvgIpc) is 3.25. The van der Waals surface area contributed by atoms with E-state index in [1.165, 1.54) is 23.1 Å². The van der Waals surface area contributed by atoms with E-state index in [4.69, 9.17) is 9.72 Å². The number of hydrogen-bond acceptors (Lipinski definition) is 6. The van der Waals surface area contributed by atoms with Crippen LogP contribution in [0.4, 0.5) is 5.69 Å². The number of carbonyl (C=O) groups is 1. The van der Waals surface area contributed by atoms with Gasteiger partial charge < -0.3 is 10.1 Å². The van der Waals surface area contributed by atoms with E-state index in [0.717, 1.165) is 32.9 Å². The van der Waals surface area contributed by atoms with Crippen molar-refractivity contribution in [1.29, 1.82) is 0 Å². The molecule has 2 aromatic heterocycles. The van der Waals surface area contributed by atoms with Gasteiger partial charge in [0.05, 0.1) is 29.9 Å². The lowest BCUT2D eigenvalue weighted by molar-refractivity contribution is -0.115. The van der Waals surface area contributed by atoms with Gasteiger partial charge >= 0.3 is 0 Å². The van der Waals surface area contributed by atoms with Crippen molar-refractivity contribution in [3.05, 3.63) is 87.0 Å². The molecule has 0 saturated carbocycles. The number of nitrogens with zero attached hydrogens (tertiary/aromatic N) is 2. The third-order valence-electron chi connectivity index (χ3n) is 6.41. The second-order valence-corrected chi connectivity index (χ2v) is 11.8. The number of ether oxygens (including phenoxy) is 1. The third kappa shape index (κ3) is 5.12. The van der Waals surface area contributed by atoms with E-state index in [9.17, 15) is 9.59 Å². The van der Waals surface area contributed by atoms with Crippen LogP contribution >= 0.6 is 23.1 Å². The smallest absolute Gasteiger partial charge is 0.263 e. The zero-order chi connectivity index (χ0) is 25.2. The minimum Gasteiger partial charge on any atom is -0.372 e. The summed E-state index contributed by atoms with van der Waals surface area (Å²) < 4.78 is 7.78. The van der Waals surface area contributed by atoms with Gasteiger partial charge in [-0.2, -0.15) is 0 Å². The highest BCUT2D eigenvalue weighted by Gasteiger charge is 2.29. The van der Waals surface area contributed by atoms with E-state index < -0.39 is 5.25 Å². The van der Waals surface area contributed by atoms with Crippen molar-refractivity contribution >= 4 is 44.9 Å². The van der Waals surface area contributed by atoms with Crippen LogP contribution in [-0.2, 0) is 29.1 Å². The Morgan fingerprint density at radius 3 is 2.53 bits per heavy atom. The van der Waals surface area contributed by atoms with E-state index in [2.05, 4.69) is 19.2 Å². The quantitative estimate of drug-likeness (QED) is 0.250. The van der Waals surface area contributed by atoms with Gasteiger partial charge in [0.1, 0.15) is 4.83 Å². The SMILES string of the molecule is CC(Sc1nc2sc3c(c2c(=O)n1Cc1ccccc1)CC(C(C)C)OC3)C(=O)Nc1ccccc1. The fourth-order valence-corrected chi connectivity index (χ4v) is 6.41. The molecular formula is C28H29N3O3S2. The molecule has 1 aliphatic heterocycles. The maximum atomic E-state index is 14.0. The molecule has 2 atom stereocenters. The van der Waals surface area contributed by atoms with Gasteiger partial charge in [-0.05, 0) is 36.1 Å². The van der Waals surface area contributed by atoms with Crippen LogP contribution in [0.5, 0.6) is 0 Å². The predicted octanol–water partition coefficient (Wildman–Crippen LogP) is 5.72.